The van der Waals surface area contributed by atoms with Crippen molar-refractivity contribution in [1.82, 2.24) is 0 Å². The predicted octanol–water partition coefficient (Wildman–Crippen LogP) is 14.2. The Balaban J connectivity index is 0.000000436. The van der Waals surface area contributed by atoms with Gasteiger partial charge < -0.3 is 14.9 Å². The normalized spacial score (nSPS) is 12.4. The van der Waals surface area contributed by atoms with Crippen molar-refractivity contribution in [2.24, 2.45) is 0 Å². The van der Waals surface area contributed by atoms with Crippen molar-refractivity contribution in [3.8, 4) is 22.3 Å². The van der Waals surface area contributed by atoms with Crippen LogP contribution in [0.3, 0.4) is 0 Å². The van der Waals surface area contributed by atoms with Gasteiger partial charge in [0.05, 0.1) is 0 Å². The van der Waals surface area contributed by atoms with E-state index in [1.807, 2.05) is 0 Å². The first-order chi connectivity index (χ1) is 21.7. The zero-order valence-corrected chi connectivity index (χ0v) is 35.8. The SMILES string of the molecule is CC(C)c1ccc(-c2cccc3[cH-]c(C4CCCC4)cc23)cc1.Cc1cc2c(-c3ccc(C(C)(C)C)cc3)cccc2[cH-]1.Cl.Cl.[CH3-].[CH3-].[Si]=[Zr]. The maximum atomic E-state index is 3.06. The summed E-state index contributed by atoms with van der Waals surface area (Å²) in [5.41, 5.74) is 11.2. The molecule has 260 valence electrons. The Morgan fingerprint density at radius 2 is 1.14 bits per heavy atom. The second kappa shape index (κ2) is 20.0. The van der Waals surface area contributed by atoms with Crippen molar-refractivity contribution < 1.29 is 23.3 Å². The van der Waals surface area contributed by atoms with E-state index in [2.05, 4.69) is 158 Å². The van der Waals surface area contributed by atoms with Crippen molar-refractivity contribution >= 4 is 53.2 Å². The Hall–Kier alpha value is -2.22. The second-order valence-corrected chi connectivity index (χ2v) is 14.0. The van der Waals surface area contributed by atoms with Crippen LogP contribution in [0.1, 0.15) is 94.4 Å². The van der Waals surface area contributed by atoms with Crippen molar-refractivity contribution in [2.45, 2.75) is 84.5 Å². The summed E-state index contributed by atoms with van der Waals surface area (Å²) < 4.78 is 0. The number of halogens is 2. The van der Waals surface area contributed by atoms with Gasteiger partial charge in [-0.05, 0) is 52.3 Å². The molecule has 0 amide bonds. The van der Waals surface area contributed by atoms with Crippen LogP contribution >= 0.6 is 24.8 Å². The van der Waals surface area contributed by atoms with Gasteiger partial charge in [-0.2, -0.15) is 12.1 Å². The summed E-state index contributed by atoms with van der Waals surface area (Å²) in [5.74, 6) is 1.38. The van der Waals surface area contributed by atoms with Crippen LogP contribution in [0.15, 0.2) is 109 Å². The Bertz CT molecular complexity index is 1850. The predicted molar refractivity (Wildman–Crippen MR) is 222 cm³/mol. The number of benzene rings is 4. The van der Waals surface area contributed by atoms with E-state index in [4.69, 9.17) is 0 Å². The van der Waals surface area contributed by atoms with E-state index in [9.17, 15) is 0 Å². The van der Waals surface area contributed by atoms with Gasteiger partial charge in [-0.3, -0.25) is 0 Å². The molecule has 0 saturated heterocycles. The van der Waals surface area contributed by atoms with Crippen LogP contribution in [-0.2, 0) is 28.8 Å². The average Bonchev–Trinajstić information content (AvgIpc) is 3.81. The zero-order valence-electron chi connectivity index (χ0n) is 30.7. The fourth-order valence-electron chi connectivity index (χ4n) is 6.84. The molecule has 1 saturated carbocycles. The number of rotatable bonds is 4. The third-order valence-corrected chi connectivity index (χ3v) is 9.44. The summed E-state index contributed by atoms with van der Waals surface area (Å²) >= 11 is 1.36. The van der Waals surface area contributed by atoms with Crippen LogP contribution < -0.4 is 0 Å². The molecule has 1 aliphatic rings. The van der Waals surface area contributed by atoms with Gasteiger partial charge in [0.25, 0.3) is 0 Å². The van der Waals surface area contributed by atoms with Gasteiger partial charge in [-0.25, -0.2) is 0 Å². The van der Waals surface area contributed by atoms with E-state index >= 15 is 0 Å². The molecule has 0 heterocycles. The minimum atomic E-state index is 0. The van der Waals surface area contributed by atoms with Crippen molar-refractivity contribution in [3.05, 3.63) is 146 Å². The molecular formula is C45H54Cl2SiZr-4. The van der Waals surface area contributed by atoms with Gasteiger partial charge in [0.2, 0.25) is 0 Å². The number of hydrogen-bond acceptors (Lipinski definition) is 0. The van der Waals surface area contributed by atoms with Crippen molar-refractivity contribution in [1.29, 1.82) is 0 Å². The molecule has 49 heavy (non-hydrogen) atoms. The topological polar surface area (TPSA) is 0 Å². The summed E-state index contributed by atoms with van der Waals surface area (Å²) in [7, 11) is 0. The molecular weight excluding hydrogens is 731 g/mol. The number of hydrogen-bond donors (Lipinski definition) is 0. The molecule has 0 bridgehead atoms. The summed E-state index contributed by atoms with van der Waals surface area (Å²) in [6.07, 6.45) is 5.54. The Morgan fingerprint density at radius 3 is 1.63 bits per heavy atom. The first kappa shape index (κ1) is 44.8. The van der Waals surface area contributed by atoms with Gasteiger partial charge >= 0.3 is 30.2 Å². The van der Waals surface area contributed by atoms with Gasteiger partial charge in [0, 0.05) is 0 Å². The van der Waals surface area contributed by atoms with Crippen LogP contribution in [0.2, 0.25) is 0 Å². The molecule has 0 atom stereocenters. The molecule has 1 aliphatic carbocycles. The van der Waals surface area contributed by atoms with Crippen LogP contribution in [0.5, 0.6) is 0 Å². The standard InChI is InChI=1S/C23H25.C20H21.2CH3.2ClH.Si.Zr/c1-16(2)17-10-12-19(13-11-17)22-9-5-8-20-14-21(15-23(20)22)18-6-3-4-7-18;1-14-12-16-6-5-7-18(19(16)13-14)15-8-10-17(11-9-15)20(2,3)4;;;;;;/h5,8-16,18H,3-4,6-7H2,1-2H3;5-13H,1-4H3;2*1H3;2*1H;;/q4*-1;;;;. The second-order valence-electron chi connectivity index (χ2n) is 14.0. The molecule has 2 radical (unpaired) electrons. The monoisotopic (exact) mass is 782 g/mol. The summed E-state index contributed by atoms with van der Waals surface area (Å²) in [6.45, 7) is 16.5. The fraction of sp³-hybridized carbons (Fsp3) is 0.289. The molecule has 0 unspecified atom stereocenters. The Morgan fingerprint density at radius 1 is 0.673 bits per heavy atom. The summed E-state index contributed by atoms with van der Waals surface area (Å²) in [6, 6.07) is 40.8. The van der Waals surface area contributed by atoms with Gasteiger partial charge in [0.15, 0.2) is 0 Å². The zero-order chi connectivity index (χ0) is 32.1. The first-order valence-electron chi connectivity index (χ1n) is 16.5. The third kappa shape index (κ3) is 10.6. The van der Waals surface area contributed by atoms with Crippen molar-refractivity contribution in [2.75, 3.05) is 0 Å². The Labute approximate surface area is 327 Å². The molecule has 0 aromatic heterocycles. The van der Waals surface area contributed by atoms with Gasteiger partial charge in [-0.15, -0.1) is 93.9 Å². The molecule has 0 nitrogen and oxygen atoms in total. The number of aryl methyl sites for hydroxylation is 1. The summed E-state index contributed by atoms with van der Waals surface area (Å²) in [5, 5.41) is 5.51. The van der Waals surface area contributed by atoms with Crippen molar-refractivity contribution in [3.63, 3.8) is 0 Å². The average molecular weight is 785 g/mol. The van der Waals surface area contributed by atoms with E-state index in [0.29, 0.717) is 5.92 Å². The van der Waals surface area contributed by atoms with Gasteiger partial charge in [0.1, 0.15) is 0 Å². The molecule has 1 fully saturated rings. The molecule has 0 spiro atoms. The van der Waals surface area contributed by atoms with Crippen LogP contribution in [0, 0.1) is 21.8 Å². The third-order valence-electron chi connectivity index (χ3n) is 9.44. The van der Waals surface area contributed by atoms with E-state index in [0.717, 1.165) is 5.92 Å². The number of fused-ring (bicyclic) bond motifs is 2. The van der Waals surface area contributed by atoms with E-state index in [1.54, 1.807) is 5.56 Å². The van der Waals surface area contributed by atoms with E-state index in [1.165, 1.54) is 110 Å². The fourth-order valence-corrected chi connectivity index (χ4v) is 6.84. The molecule has 6 aromatic carbocycles. The van der Waals surface area contributed by atoms with Crippen LogP contribution in [-0.4, -0.2) is 6.88 Å². The summed E-state index contributed by atoms with van der Waals surface area (Å²) in [4.78, 5) is 0. The van der Waals surface area contributed by atoms with Crippen LogP contribution in [0.25, 0.3) is 43.8 Å². The molecule has 0 N–H and O–H groups in total. The Kier molecular flexibility index (Phi) is 18.3. The molecule has 6 aromatic rings. The molecule has 7 rings (SSSR count). The van der Waals surface area contributed by atoms with Gasteiger partial charge in [-0.1, -0.05) is 126 Å². The van der Waals surface area contributed by atoms with E-state index in [-0.39, 0.29) is 45.1 Å². The van der Waals surface area contributed by atoms with E-state index < -0.39 is 0 Å². The minimum absolute atomic E-state index is 0. The quantitative estimate of drug-likeness (QED) is 0.123. The molecule has 0 aliphatic heterocycles. The first-order valence-corrected chi connectivity index (χ1v) is 20.7. The molecule has 4 heteroatoms. The maximum absolute atomic E-state index is 3.06. The van der Waals surface area contributed by atoms with Crippen LogP contribution in [0.4, 0.5) is 0 Å².